The second-order valence-corrected chi connectivity index (χ2v) is 10.4. The third-order valence-electron chi connectivity index (χ3n) is 9.88. The lowest BCUT2D eigenvalue weighted by Gasteiger charge is -2.47. The lowest BCUT2D eigenvalue weighted by atomic mass is 9.55. The van der Waals surface area contributed by atoms with Gasteiger partial charge >= 0.3 is 0 Å². The molecule has 0 aromatic heterocycles. The standard InChI is InChI=1S/C20H30O5/c1-9(2)10-6-7-19-8-11-17(4,24)14(23)15-20(11,25-15)18(19,5)13(22)12(21)16(10,19)3/h9-12,14-15,21,23-24H,6-8H2,1-5H3/t10?,11-,12+,14-,15-,16+,17+,18+,19-,20+/m1/s1. The molecule has 0 aromatic rings. The molecule has 0 aromatic carbocycles. The number of aliphatic hydroxyl groups is 3. The minimum atomic E-state index is -1.24. The van der Waals surface area contributed by atoms with Crippen LogP contribution in [0.5, 0.6) is 0 Å². The van der Waals surface area contributed by atoms with Gasteiger partial charge in [-0.1, -0.05) is 20.8 Å². The molecule has 25 heavy (non-hydrogen) atoms. The molecule has 3 N–H and O–H groups in total. The van der Waals surface area contributed by atoms with E-state index in [1.807, 2.05) is 6.92 Å². The molecular formula is C20H30O5. The summed E-state index contributed by atoms with van der Waals surface area (Å²) >= 11 is 0. The molecule has 5 rings (SSSR count). The number of aliphatic hydroxyl groups excluding tert-OH is 2. The zero-order valence-electron chi connectivity index (χ0n) is 15.7. The number of Topliss-reactive ketones (excluding diaryl/α,β-unsaturated/α-hetero) is 1. The summed E-state index contributed by atoms with van der Waals surface area (Å²) in [5.41, 5.74) is -3.75. The predicted octanol–water partition coefficient (Wildman–Crippen LogP) is 1.28. The molecule has 5 fully saturated rings. The molecule has 4 aliphatic carbocycles. The van der Waals surface area contributed by atoms with E-state index in [1.165, 1.54) is 0 Å². The fourth-order valence-corrected chi connectivity index (χ4v) is 8.64. The fraction of sp³-hybridized carbons (Fsp3) is 0.950. The van der Waals surface area contributed by atoms with Crippen molar-refractivity contribution < 1.29 is 24.9 Å². The Morgan fingerprint density at radius 1 is 1.20 bits per heavy atom. The van der Waals surface area contributed by atoms with Crippen molar-refractivity contribution in [1.82, 2.24) is 0 Å². The maximum absolute atomic E-state index is 13.5. The quantitative estimate of drug-likeness (QED) is 0.620. The van der Waals surface area contributed by atoms with Crippen LogP contribution in [0.2, 0.25) is 0 Å². The van der Waals surface area contributed by atoms with Gasteiger partial charge in [-0.25, -0.2) is 0 Å². The van der Waals surface area contributed by atoms with Gasteiger partial charge in [-0.05, 0) is 50.4 Å². The summed E-state index contributed by atoms with van der Waals surface area (Å²) in [5.74, 6) is 0.270. The Bertz CT molecular complexity index is 688. The van der Waals surface area contributed by atoms with Crippen LogP contribution in [0, 0.1) is 34.0 Å². The minimum absolute atomic E-state index is 0.129. The van der Waals surface area contributed by atoms with Gasteiger partial charge in [-0.3, -0.25) is 4.79 Å². The largest absolute Gasteiger partial charge is 0.387 e. The van der Waals surface area contributed by atoms with Crippen molar-refractivity contribution in [2.24, 2.45) is 34.0 Å². The summed E-state index contributed by atoms with van der Waals surface area (Å²) in [4.78, 5) is 13.5. The molecule has 1 aliphatic heterocycles. The van der Waals surface area contributed by atoms with E-state index in [9.17, 15) is 20.1 Å². The van der Waals surface area contributed by atoms with Crippen molar-refractivity contribution in [3.8, 4) is 0 Å². The molecule has 0 amide bonds. The predicted molar refractivity (Wildman–Crippen MR) is 89.6 cm³/mol. The van der Waals surface area contributed by atoms with E-state index in [0.29, 0.717) is 12.3 Å². The van der Waals surface area contributed by atoms with Gasteiger partial charge in [0.25, 0.3) is 0 Å². The van der Waals surface area contributed by atoms with Gasteiger partial charge in [0.1, 0.15) is 23.9 Å². The third kappa shape index (κ3) is 1.22. The Balaban J connectivity index is 1.74. The highest BCUT2D eigenvalue weighted by atomic mass is 16.6. The molecular weight excluding hydrogens is 320 g/mol. The van der Waals surface area contributed by atoms with Crippen LogP contribution in [0.4, 0.5) is 0 Å². The first-order valence-corrected chi connectivity index (χ1v) is 9.75. The summed E-state index contributed by atoms with van der Waals surface area (Å²) in [5, 5.41) is 32.7. The van der Waals surface area contributed by atoms with Gasteiger partial charge < -0.3 is 20.1 Å². The van der Waals surface area contributed by atoms with E-state index >= 15 is 0 Å². The summed E-state index contributed by atoms with van der Waals surface area (Å²) in [6, 6.07) is 0. The highest BCUT2D eigenvalue weighted by molar-refractivity contribution is 5.96. The molecule has 1 unspecified atom stereocenters. The highest BCUT2D eigenvalue weighted by Crippen LogP contribution is 2.87. The van der Waals surface area contributed by atoms with Crippen LogP contribution in [0.25, 0.3) is 0 Å². The van der Waals surface area contributed by atoms with Gasteiger partial charge in [0.15, 0.2) is 5.78 Å². The lowest BCUT2D eigenvalue weighted by molar-refractivity contribution is -0.142. The van der Waals surface area contributed by atoms with E-state index < -0.39 is 40.3 Å². The summed E-state index contributed by atoms with van der Waals surface area (Å²) in [6.45, 7) is 10.1. The summed E-state index contributed by atoms with van der Waals surface area (Å²) < 4.78 is 6.05. The number of epoxide rings is 1. The molecule has 1 saturated heterocycles. The smallest absolute Gasteiger partial charge is 0.171 e. The summed E-state index contributed by atoms with van der Waals surface area (Å²) in [6.07, 6.45) is 0.0693. The molecule has 10 atom stereocenters. The molecule has 5 heteroatoms. The van der Waals surface area contributed by atoms with Crippen LogP contribution < -0.4 is 0 Å². The molecule has 4 saturated carbocycles. The second kappa shape index (κ2) is 4.01. The van der Waals surface area contributed by atoms with Crippen molar-refractivity contribution >= 4 is 5.78 Å². The van der Waals surface area contributed by atoms with Crippen molar-refractivity contribution in [3.63, 3.8) is 0 Å². The van der Waals surface area contributed by atoms with Crippen molar-refractivity contribution in [2.75, 3.05) is 0 Å². The summed E-state index contributed by atoms with van der Waals surface area (Å²) in [7, 11) is 0. The second-order valence-electron chi connectivity index (χ2n) is 10.4. The SMILES string of the molecule is CC(C)C1CC[C@]23C[C@@H]4[C@](C)(O)[C@H](O)[C@H]5O[C@]54[C@@]2(C)C(=O)[C@H](O)[C@]13C. The Morgan fingerprint density at radius 3 is 2.44 bits per heavy atom. The monoisotopic (exact) mass is 350 g/mol. The maximum Gasteiger partial charge on any atom is 0.171 e. The van der Waals surface area contributed by atoms with Crippen LogP contribution in [0.15, 0.2) is 0 Å². The topological polar surface area (TPSA) is 90.3 Å². The molecule has 2 spiro atoms. The van der Waals surface area contributed by atoms with Crippen molar-refractivity contribution in [3.05, 3.63) is 0 Å². The Morgan fingerprint density at radius 2 is 1.84 bits per heavy atom. The average Bonchev–Trinajstić information content (AvgIpc) is 3.05. The van der Waals surface area contributed by atoms with Crippen LogP contribution in [-0.4, -0.2) is 50.6 Å². The third-order valence-corrected chi connectivity index (χ3v) is 9.88. The fourth-order valence-electron chi connectivity index (χ4n) is 8.64. The maximum atomic E-state index is 13.5. The number of hydrogen-bond acceptors (Lipinski definition) is 5. The Kier molecular flexibility index (Phi) is 2.67. The van der Waals surface area contributed by atoms with Gasteiger partial charge in [-0.15, -0.1) is 0 Å². The van der Waals surface area contributed by atoms with Crippen LogP contribution in [0.3, 0.4) is 0 Å². The van der Waals surface area contributed by atoms with Crippen molar-refractivity contribution in [1.29, 1.82) is 0 Å². The van der Waals surface area contributed by atoms with E-state index in [2.05, 4.69) is 20.8 Å². The molecule has 0 radical (unpaired) electrons. The van der Waals surface area contributed by atoms with Gasteiger partial charge in [-0.2, -0.15) is 0 Å². The normalized spacial score (nSPS) is 67.4. The Labute approximate surface area is 148 Å². The highest BCUT2D eigenvalue weighted by Gasteiger charge is 2.96. The zero-order chi connectivity index (χ0) is 18.4. The van der Waals surface area contributed by atoms with E-state index in [4.69, 9.17) is 4.74 Å². The van der Waals surface area contributed by atoms with E-state index in [0.717, 1.165) is 12.8 Å². The van der Waals surface area contributed by atoms with E-state index in [-0.39, 0.29) is 23.0 Å². The number of carbonyl (C=O) groups excluding carboxylic acids is 1. The van der Waals surface area contributed by atoms with Crippen LogP contribution in [0.1, 0.15) is 53.9 Å². The zero-order valence-corrected chi connectivity index (χ0v) is 15.7. The Hall–Kier alpha value is -0.490. The molecule has 1 heterocycles. The number of rotatable bonds is 1. The van der Waals surface area contributed by atoms with Gasteiger partial charge in [0.05, 0.1) is 11.0 Å². The minimum Gasteiger partial charge on any atom is -0.387 e. The van der Waals surface area contributed by atoms with Gasteiger partial charge in [0.2, 0.25) is 0 Å². The molecule has 5 nitrogen and oxygen atoms in total. The first-order valence-electron chi connectivity index (χ1n) is 9.75. The first kappa shape index (κ1) is 16.7. The average molecular weight is 350 g/mol. The van der Waals surface area contributed by atoms with E-state index in [1.54, 1.807) is 6.92 Å². The van der Waals surface area contributed by atoms with Crippen LogP contribution >= 0.6 is 0 Å². The first-order chi connectivity index (χ1) is 11.4. The van der Waals surface area contributed by atoms with Gasteiger partial charge in [0, 0.05) is 11.3 Å². The molecule has 140 valence electrons. The number of hydrogen-bond donors (Lipinski definition) is 3. The number of ketones is 1. The molecule has 0 bridgehead atoms. The number of carbonyl (C=O) groups is 1. The lowest BCUT2D eigenvalue weighted by Crippen LogP contribution is -2.48. The number of ether oxygens (including phenoxy) is 1. The van der Waals surface area contributed by atoms with Crippen molar-refractivity contribution in [2.45, 2.75) is 83.4 Å². The van der Waals surface area contributed by atoms with Crippen LogP contribution in [-0.2, 0) is 9.53 Å². The molecule has 5 aliphatic rings.